The van der Waals surface area contributed by atoms with E-state index in [2.05, 4.69) is 15.0 Å². The summed E-state index contributed by atoms with van der Waals surface area (Å²) in [5.41, 5.74) is 2.81. The Hall–Kier alpha value is -2.28. The molecule has 1 aliphatic heterocycles. The molecule has 0 N–H and O–H groups in total. The van der Waals surface area contributed by atoms with E-state index in [1.54, 1.807) is 19.5 Å². The van der Waals surface area contributed by atoms with Crippen molar-refractivity contribution in [3.05, 3.63) is 30.1 Å². The second kappa shape index (κ2) is 7.09. The molecule has 3 heterocycles. The quantitative estimate of drug-likeness (QED) is 0.825. The molecule has 7 heteroatoms. The van der Waals surface area contributed by atoms with E-state index in [4.69, 9.17) is 4.74 Å². The number of likely N-dealkylation sites (tertiary alicyclic amines) is 1. The normalized spacial score (nSPS) is 17.5. The number of methoxy groups -OCH3 is 1. The summed E-state index contributed by atoms with van der Waals surface area (Å²) in [5.74, 6) is 1.40. The highest BCUT2D eigenvalue weighted by Crippen LogP contribution is 2.26. The monoisotopic (exact) mass is 329 g/mol. The lowest BCUT2D eigenvalue weighted by Gasteiger charge is -2.16. The second-order valence-corrected chi connectivity index (χ2v) is 6.23. The largest absolute Gasteiger partial charge is 0.375 e. The van der Waals surface area contributed by atoms with Crippen LogP contribution in [0.25, 0.3) is 11.4 Å². The molecule has 3 rings (SSSR count). The van der Waals surface area contributed by atoms with E-state index in [-0.39, 0.29) is 12.5 Å². The molecule has 24 heavy (non-hydrogen) atoms. The third-order valence-electron chi connectivity index (χ3n) is 4.63. The van der Waals surface area contributed by atoms with E-state index < -0.39 is 0 Å². The SMILES string of the molecule is COCC(=O)N1CCC(Cc2nccnc2-c2cnc(C)n2C)C1. The number of carbonyl (C=O) groups excluding carboxylic acids is 1. The van der Waals surface area contributed by atoms with E-state index in [1.165, 1.54) is 0 Å². The zero-order valence-electron chi connectivity index (χ0n) is 14.4. The maximum absolute atomic E-state index is 11.9. The van der Waals surface area contributed by atoms with Gasteiger partial charge in [0.15, 0.2) is 0 Å². The smallest absolute Gasteiger partial charge is 0.248 e. The molecule has 7 nitrogen and oxygen atoms in total. The fourth-order valence-electron chi connectivity index (χ4n) is 3.17. The van der Waals surface area contributed by atoms with Crippen molar-refractivity contribution in [1.82, 2.24) is 24.4 Å². The lowest BCUT2D eigenvalue weighted by Crippen LogP contribution is -2.31. The predicted octanol–water partition coefficient (Wildman–Crippen LogP) is 1.22. The van der Waals surface area contributed by atoms with E-state index >= 15 is 0 Å². The minimum Gasteiger partial charge on any atom is -0.375 e. The second-order valence-electron chi connectivity index (χ2n) is 6.23. The van der Waals surface area contributed by atoms with E-state index in [1.807, 2.05) is 29.6 Å². The predicted molar refractivity (Wildman–Crippen MR) is 89.2 cm³/mol. The maximum atomic E-state index is 11.9. The summed E-state index contributed by atoms with van der Waals surface area (Å²) in [6, 6.07) is 0. The molecule has 128 valence electrons. The van der Waals surface area contributed by atoms with Crippen molar-refractivity contribution in [2.24, 2.45) is 13.0 Å². The van der Waals surface area contributed by atoms with Gasteiger partial charge in [0.05, 0.1) is 17.6 Å². The van der Waals surface area contributed by atoms with Gasteiger partial charge in [-0.1, -0.05) is 0 Å². The summed E-state index contributed by atoms with van der Waals surface area (Å²) >= 11 is 0. The molecule has 0 radical (unpaired) electrons. The molecule has 1 atom stereocenters. The van der Waals surface area contributed by atoms with Gasteiger partial charge in [0.1, 0.15) is 18.1 Å². The minimum absolute atomic E-state index is 0.0571. The zero-order valence-corrected chi connectivity index (χ0v) is 14.4. The van der Waals surface area contributed by atoms with Crippen LogP contribution in [-0.4, -0.2) is 57.1 Å². The molecule has 2 aromatic rings. The average molecular weight is 329 g/mol. The van der Waals surface area contributed by atoms with Crippen molar-refractivity contribution in [3.63, 3.8) is 0 Å². The Bertz CT molecular complexity index is 728. The molecule has 0 spiro atoms. The number of hydrogen-bond acceptors (Lipinski definition) is 5. The highest BCUT2D eigenvalue weighted by atomic mass is 16.5. The van der Waals surface area contributed by atoms with Crippen LogP contribution >= 0.6 is 0 Å². The molecule has 0 saturated carbocycles. The molecule has 2 aromatic heterocycles. The van der Waals surface area contributed by atoms with Crippen LogP contribution in [0.1, 0.15) is 17.9 Å². The lowest BCUT2D eigenvalue weighted by atomic mass is 10.0. The first-order valence-corrected chi connectivity index (χ1v) is 8.15. The van der Waals surface area contributed by atoms with E-state index in [9.17, 15) is 4.79 Å². The Balaban J connectivity index is 1.75. The number of ether oxygens (including phenoxy) is 1. The van der Waals surface area contributed by atoms with Crippen molar-refractivity contribution in [3.8, 4) is 11.4 Å². The summed E-state index contributed by atoms with van der Waals surface area (Å²) in [5, 5.41) is 0. The highest BCUT2D eigenvalue weighted by molar-refractivity contribution is 5.77. The Morgan fingerprint density at radius 3 is 2.83 bits per heavy atom. The standard InChI is InChI=1S/C17H23N5O2/c1-12-20-9-15(21(12)2)17-14(18-5-6-19-17)8-13-4-7-22(10-13)16(23)11-24-3/h5-6,9,13H,4,7-8,10-11H2,1-3H3. The first-order chi connectivity index (χ1) is 11.6. The van der Waals surface area contributed by atoms with Crippen LogP contribution in [0, 0.1) is 12.8 Å². The molecular weight excluding hydrogens is 306 g/mol. The van der Waals surface area contributed by atoms with Gasteiger partial charge in [-0.25, -0.2) is 4.98 Å². The van der Waals surface area contributed by atoms with Gasteiger partial charge in [-0.3, -0.25) is 14.8 Å². The van der Waals surface area contributed by atoms with Crippen molar-refractivity contribution in [2.75, 3.05) is 26.8 Å². The van der Waals surface area contributed by atoms with Crippen LogP contribution in [0.15, 0.2) is 18.6 Å². The van der Waals surface area contributed by atoms with Gasteiger partial charge in [-0.05, 0) is 25.7 Å². The number of imidazole rings is 1. The Morgan fingerprint density at radius 1 is 1.33 bits per heavy atom. The molecule has 0 aliphatic carbocycles. The summed E-state index contributed by atoms with van der Waals surface area (Å²) in [6.07, 6.45) is 7.07. The first kappa shape index (κ1) is 16.6. The van der Waals surface area contributed by atoms with Gasteiger partial charge >= 0.3 is 0 Å². The van der Waals surface area contributed by atoms with Crippen molar-refractivity contribution in [2.45, 2.75) is 19.8 Å². The van der Waals surface area contributed by atoms with Gasteiger partial charge in [-0.2, -0.15) is 0 Å². The third kappa shape index (κ3) is 3.31. The molecular formula is C17H23N5O2. The summed E-state index contributed by atoms with van der Waals surface area (Å²) < 4.78 is 6.96. The Kier molecular flexibility index (Phi) is 4.89. The number of carbonyl (C=O) groups is 1. The Morgan fingerprint density at radius 2 is 2.12 bits per heavy atom. The summed E-state index contributed by atoms with van der Waals surface area (Å²) in [7, 11) is 3.53. The number of aryl methyl sites for hydroxylation is 1. The fraction of sp³-hybridized carbons (Fsp3) is 0.529. The van der Waals surface area contributed by atoms with Crippen molar-refractivity contribution >= 4 is 5.91 Å². The molecule has 1 aliphatic rings. The Labute approximate surface area is 141 Å². The minimum atomic E-state index is 0.0571. The summed E-state index contributed by atoms with van der Waals surface area (Å²) in [6.45, 7) is 3.66. The van der Waals surface area contributed by atoms with Crippen LogP contribution in [0.2, 0.25) is 0 Å². The van der Waals surface area contributed by atoms with Crippen LogP contribution < -0.4 is 0 Å². The summed E-state index contributed by atoms with van der Waals surface area (Å²) in [4.78, 5) is 27.2. The average Bonchev–Trinajstić information content (AvgIpc) is 3.17. The topological polar surface area (TPSA) is 73.1 Å². The number of aromatic nitrogens is 4. The van der Waals surface area contributed by atoms with Crippen LogP contribution in [0.5, 0.6) is 0 Å². The van der Waals surface area contributed by atoms with Crippen LogP contribution in [-0.2, 0) is 23.0 Å². The van der Waals surface area contributed by atoms with Gasteiger partial charge < -0.3 is 14.2 Å². The zero-order chi connectivity index (χ0) is 17.1. The van der Waals surface area contributed by atoms with E-state index in [0.29, 0.717) is 5.92 Å². The molecule has 1 unspecified atom stereocenters. The van der Waals surface area contributed by atoms with Crippen molar-refractivity contribution in [1.29, 1.82) is 0 Å². The molecule has 0 bridgehead atoms. The number of rotatable bonds is 5. The van der Waals surface area contributed by atoms with E-state index in [0.717, 1.165) is 48.8 Å². The van der Waals surface area contributed by atoms with Gasteiger partial charge in [0.2, 0.25) is 5.91 Å². The van der Waals surface area contributed by atoms with Crippen LogP contribution in [0.3, 0.4) is 0 Å². The number of amides is 1. The maximum Gasteiger partial charge on any atom is 0.248 e. The van der Waals surface area contributed by atoms with Crippen molar-refractivity contribution < 1.29 is 9.53 Å². The molecule has 0 aromatic carbocycles. The fourth-order valence-corrected chi connectivity index (χ4v) is 3.17. The molecule has 1 amide bonds. The van der Waals surface area contributed by atoms with Gasteiger partial charge in [0, 0.05) is 39.6 Å². The molecule has 1 fully saturated rings. The van der Waals surface area contributed by atoms with Crippen LogP contribution in [0.4, 0.5) is 0 Å². The van der Waals surface area contributed by atoms with Gasteiger partial charge in [-0.15, -0.1) is 0 Å². The number of hydrogen-bond donors (Lipinski definition) is 0. The number of nitrogens with zero attached hydrogens (tertiary/aromatic N) is 5. The first-order valence-electron chi connectivity index (χ1n) is 8.15. The lowest BCUT2D eigenvalue weighted by molar-refractivity contribution is -0.134. The molecule has 1 saturated heterocycles. The van der Waals surface area contributed by atoms with Gasteiger partial charge in [0.25, 0.3) is 0 Å². The highest BCUT2D eigenvalue weighted by Gasteiger charge is 2.27. The third-order valence-corrected chi connectivity index (χ3v) is 4.63.